The minimum Gasteiger partial charge on any atom is -0.497 e. The number of nitrogens with one attached hydrogen (secondary N) is 1. The highest BCUT2D eigenvalue weighted by molar-refractivity contribution is 9.10. The SMILES string of the molecule is COc1ccc(CC(=O)NCc2nnc(SCc3ccc(Br)cc3)n2-c2cccc(C(F)(F)F)c2)cc1. The summed E-state index contributed by atoms with van der Waals surface area (Å²) in [4.78, 5) is 12.6. The predicted molar refractivity (Wildman–Crippen MR) is 139 cm³/mol. The van der Waals surface area contributed by atoms with Crippen LogP contribution in [0.1, 0.15) is 22.5 Å². The van der Waals surface area contributed by atoms with E-state index in [1.165, 1.54) is 17.8 Å². The molecular weight excluding hydrogens is 569 g/mol. The third-order valence-electron chi connectivity index (χ3n) is 5.38. The number of carbonyl (C=O) groups excluding carboxylic acids is 1. The van der Waals surface area contributed by atoms with E-state index in [1.807, 2.05) is 24.3 Å². The van der Waals surface area contributed by atoms with Crippen LogP contribution < -0.4 is 10.1 Å². The zero-order valence-electron chi connectivity index (χ0n) is 19.6. The third kappa shape index (κ3) is 7.14. The van der Waals surface area contributed by atoms with Crippen molar-refractivity contribution in [3.05, 3.63) is 99.8 Å². The summed E-state index contributed by atoms with van der Waals surface area (Å²) < 4.78 is 47.8. The number of methoxy groups -OCH3 is 1. The fourth-order valence-electron chi connectivity index (χ4n) is 3.49. The van der Waals surface area contributed by atoms with Gasteiger partial charge in [0, 0.05) is 10.2 Å². The zero-order valence-corrected chi connectivity index (χ0v) is 22.0. The first-order chi connectivity index (χ1) is 17.7. The van der Waals surface area contributed by atoms with Gasteiger partial charge in [-0.05, 0) is 53.6 Å². The van der Waals surface area contributed by atoms with Crippen molar-refractivity contribution < 1.29 is 22.7 Å². The Morgan fingerprint density at radius 1 is 1.03 bits per heavy atom. The van der Waals surface area contributed by atoms with Gasteiger partial charge in [0.25, 0.3) is 0 Å². The highest BCUT2D eigenvalue weighted by Gasteiger charge is 2.31. The Labute approximate surface area is 224 Å². The van der Waals surface area contributed by atoms with Crippen molar-refractivity contribution in [3.63, 3.8) is 0 Å². The Hall–Kier alpha value is -3.31. The Morgan fingerprint density at radius 3 is 2.41 bits per heavy atom. The van der Waals surface area contributed by atoms with E-state index in [4.69, 9.17) is 4.74 Å². The maximum Gasteiger partial charge on any atom is 0.416 e. The second-order valence-corrected chi connectivity index (χ2v) is 9.86. The van der Waals surface area contributed by atoms with Crippen molar-refractivity contribution in [1.29, 1.82) is 0 Å². The predicted octanol–water partition coefficient (Wildman–Crippen LogP) is 6.21. The monoisotopic (exact) mass is 590 g/mol. The van der Waals surface area contributed by atoms with Gasteiger partial charge < -0.3 is 10.1 Å². The molecule has 1 amide bonds. The van der Waals surface area contributed by atoms with Crippen LogP contribution in [0.4, 0.5) is 13.2 Å². The minimum absolute atomic E-state index is 0.00290. The molecule has 11 heteroatoms. The van der Waals surface area contributed by atoms with Gasteiger partial charge in [-0.25, -0.2) is 0 Å². The van der Waals surface area contributed by atoms with Gasteiger partial charge in [-0.3, -0.25) is 9.36 Å². The molecule has 37 heavy (non-hydrogen) atoms. The van der Waals surface area contributed by atoms with E-state index in [9.17, 15) is 18.0 Å². The molecule has 0 spiro atoms. The van der Waals surface area contributed by atoms with Crippen molar-refractivity contribution in [1.82, 2.24) is 20.1 Å². The maximum absolute atomic E-state index is 13.4. The summed E-state index contributed by atoms with van der Waals surface area (Å²) in [5.74, 6) is 1.29. The normalized spacial score (nSPS) is 11.4. The van der Waals surface area contributed by atoms with Gasteiger partial charge in [-0.15, -0.1) is 10.2 Å². The van der Waals surface area contributed by atoms with Crippen LogP contribution in [0.5, 0.6) is 5.75 Å². The molecule has 1 N–H and O–H groups in total. The highest BCUT2D eigenvalue weighted by atomic mass is 79.9. The van der Waals surface area contributed by atoms with Gasteiger partial charge in [0.15, 0.2) is 11.0 Å². The molecule has 0 saturated carbocycles. The van der Waals surface area contributed by atoms with Crippen LogP contribution in [0.15, 0.2) is 82.4 Å². The van der Waals surface area contributed by atoms with E-state index < -0.39 is 11.7 Å². The van der Waals surface area contributed by atoms with E-state index in [1.54, 1.807) is 42.0 Å². The third-order valence-corrected chi connectivity index (χ3v) is 6.91. The number of rotatable bonds is 9. The summed E-state index contributed by atoms with van der Waals surface area (Å²) in [6, 6.07) is 19.8. The summed E-state index contributed by atoms with van der Waals surface area (Å²) in [6.45, 7) is -0.00290. The van der Waals surface area contributed by atoms with Crippen LogP contribution in [0.25, 0.3) is 5.69 Å². The number of amides is 1. The molecule has 4 rings (SSSR count). The van der Waals surface area contributed by atoms with Crippen molar-refractivity contribution in [2.45, 2.75) is 30.1 Å². The Morgan fingerprint density at radius 2 is 1.73 bits per heavy atom. The van der Waals surface area contributed by atoms with Crippen LogP contribution in [-0.4, -0.2) is 27.8 Å². The fourth-order valence-corrected chi connectivity index (χ4v) is 4.68. The van der Waals surface area contributed by atoms with Gasteiger partial charge in [-0.1, -0.05) is 58.0 Å². The van der Waals surface area contributed by atoms with Crippen molar-refractivity contribution in [2.75, 3.05) is 7.11 Å². The number of ether oxygens (including phenoxy) is 1. The molecule has 0 atom stereocenters. The van der Waals surface area contributed by atoms with Gasteiger partial charge >= 0.3 is 6.18 Å². The molecule has 3 aromatic carbocycles. The highest BCUT2D eigenvalue weighted by Crippen LogP contribution is 2.32. The molecule has 0 saturated heterocycles. The summed E-state index contributed by atoms with van der Waals surface area (Å²) >= 11 is 4.74. The number of halogens is 4. The zero-order chi connectivity index (χ0) is 26.4. The van der Waals surface area contributed by atoms with E-state index in [2.05, 4.69) is 31.4 Å². The average molecular weight is 591 g/mol. The molecule has 0 aliphatic carbocycles. The van der Waals surface area contributed by atoms with E-state index >= 15 is 0 Å². The molecule has 0 bridgehead atoms. The van der Waals surface area contributed by atoms with Gasteiger partial charge in [0.1, 0.15) is 5.75 Å². The summed E-state index contributed by atoms with van der Waals surface area (Å²) in [7, 11) is 1.56. The first-order valence-corrected chi connectivity index (χ1v) is 12.9. The van der Waals surface area contributed by atoms with Gasteiger partial charge in [0.05, 0.1) is 31.3 Å². The summed E-state index contributed by atoms with van der Waals surface area (Å²) in [5.41, 5.74) is 1.29. The van der Waals surface area contributed by atoms with E-state index in [0.717, 1.165) is 27.7 Å². The van der Waals surface area contributed by atoms with E-state index in [0.29, 0.717) is 22.5 Å². The number of aromatic nitrogens is 3. The first kappa shape index (κ1) is 26.7. The minimum atomic E-state index is -4.50. The number of hydrogen-bond donors (Lipinski definition) is 1. The lowest BCUT2D eigenvalue weighted by Gasteiger charge is -2.13. The Kier molecular flexibility index (Phi) is 8.55. The molecular formula is C26H22BrF3N4O2S. The van der Waals surface area contributed by atoms with Gasteiger partial charge in [0.2, 0.25) is 5.91 Å². The van der Waals surface area contributed by atoms with Crippen molar-refractivity contribution in [3.8, 4) is 11.4 Å². The Balaban J connectivity index is 1.55. The molecule has 1 heterocycles. The van der Waals surface area contributed by atoms with Crippen LogP contribution in [-0.2, 0) is 29.7 Å². The largest absolute Gasteiger partial charge is 0.497 e. The number of hydrogen-bond acceptors (Lipinski definition) is 5. The molecule has 6 nitrogen and oxygen atoms in total. The Bertz CT molecular complexity index is 1360. The topological polar surface area (TPSA) is 69.0 Å². The van der Waals surface area contributed by atoms with Crippen molar-refractivity contribution in [2.24, 2.45) is 0 Å². The number of benzene rings is 3. The standard InChI is InChI=1S/C26H22BrF3N4O2S/c1-36-22-11-7-17(8-12-22)13-24(35)31-15-23-32-33-25(37-16-18-5-9-20(27)10-6-18)34(23)21-4-2-3-19(14-21)26(28,29)30/h2-12,14H,13,15-16H2,1H3,(H,31,35). The summed E-state index contributed by atoms with van der Waals surface area (Å²) in [5, 5.41) is 11.6. The maximum atomic E-state index is 13.4. The van der Waals surface area contributed by atoms with Crippen LogP contribution in [0.2, 0.25) is 0 Å². The molecule has 192 valence electrons. The lowest BCUT2D eigenvalue weighted by atomic mass is 10.1. The lowest BCUT2D eigenvalue weighted by molar-refractivity contribution is -0.137. The second-order valence-electron chi connectivity index (χ2n) is 8.00. The molecule has 0 radical (unpaired) electrons. The molecule has 0 aliphatic heterocycles. The van der Waals surface area contributed by atoms with E-state index in [-0.39, 0.29) is 24.6 Å². The van der Waals surface area contributed by atoms with Crippen LogP contribution in [0, 0.1) is 0 Å². The fraction of sp³-hybridized carbons (Fsp3) is 0.192. The number of alkyl halides is 3. The molecule has 0 fully saturated rings. The summed E-state index contributed by atoms with van der Waals surface area (Å²) in [6.07, 6.45) is -4.37. The van der Waals surface area contributed by atoms with Crippen LogP contribution >= 0.6 is 27.7 Å². The molecule has 1 aromatic heterocycles. The second kappa shape index (κ2) is 11.8. The molecule has 0 unspecified atom stereocenters. The molecule has 4 aromatic rings. The quantitative estimate of drug-likeness (QED) is 0.235. The van der Waals surface area contributed by atoms with Crippen LogP contribution in [0.3, 0.4) is 0 Å². The van der Waals surface area contributed by atoms with Crippen molar-refractivity contribution >= 4 is 33.6 Å². The van der Waals surface area contributed by atoms with Gasteiger partial charge in [-0.2, -0.15) is 13.2 Å². The number of carbonyl (C=O) groups is 1. The number of nitrogens with zero attached hydrogens (tertiary/aromatic N) is 3. The molecule has 0 aliphatic rings. The smallest absolute Gasteiger partial charge is 0.416 e. The lowest BCUT2D eigenvalue weighted by Crippen LogP contribution is -2.26. The average Bonchev–Trinajstić information content (AvgIpc) is 3.30. The first-order valence-electron chi connectivity index (χ1n) is 11.1. The number of thioether (sulfide) groups is 1.